The van der Waals surface area contributed by atoms with Crippen molar-refractivity contribution < 1.29 is 31.8 Å². The Bertz CT molecular complexity index is 586. The molecule has 0 aliphatic rings. The summed E-state index contributed by atoms with van der Waals surface area (Å²) in [5.41, 5.74) is 0.0302. The highest BCUT2D eigenvalue weighted by Crippen LogP contribution is 2.33. The first-order chi connectivity index (χ1) is 8.31. The SMILES string of the molecule is Cc1oc2c(F)cc(OC(F)(F)F)cc2c1CO. The fourth-order valence-corrected chi connectivity index (χ4v) is 1.69. The van der Waals surface area contributed by atoms with Crippen LogP contribution in [0.25, 0.3) is 11.0 Å². The van der Waals surface area contributed by atoms with Gasteiger partial charge in [-0.05, 0) is 13.0 Å². The first kappa shape index (κ1) is 12.7. The lowest BCUT2D eigenvalue weighted by molar-refractivity contribution is -0.274. The Morgan fingerprint density at radius 2 is 2.00 bits per heavy atom. The highest BCUT2D eigenvalue weighted by Gasteiger charge is 2.32. The van der Waals surface area contributed by atoms with E-state index in [1.807, 2.05) is 0 Å². The summed E-state index contributed by atoms with van der Waals surface area (Å²) in [4.78, 5) is 0. The third-order valence-corrected chi connectivity index (χ3v) is 2.41. The van der Waals surface area contributed by atoms with Gasteiger partial charge in [0.2, 0.25) is 0 Å². The molecule has 0 unspecified atom stereocenters. The second-order valence-electron chi connectivity index (χ2n) is 3.62. The summed E-state index contributed by atoms with van der Waals surface area (Å²) in [5.74, 6) is -1.42. The molecule has 1 N–H and O–H groups in total. The largest absolute Gasteiger partial charge is 0.573 e. The van der Waals surface area contributed by atoms with E-state index in [0.717, 1.165) is 6.07 Å². The van der Waals surface area contributed by atoms with Crippen LogP contribution in [0.15, 0.2) is 16.5 Å². The molecule has 3 nitrogen and oxygen atoms in total. The predicted molar refractivity (Wildman–Crippen MR) is 53.5 cm³/mol. The number of fused-ring (bicyclic) bond motifs is 1. The van der Waals surface area contributed by atoms with E-state index in [4.69, 9.17) is 9.52 Å². The maximum absolute atomic E-state index is 13.5. The minimum atomic E-state index is -4.90. The number of hydrogen-bond donors (Lipinski definition) is 1. The summed E-state index contributed by atoms with van der Waals surface area (Å²) in [5, 5.41) is 9.14. The number of aliphatic hydroxyl groups excluding tert-OH is 1. The quantitative estimate of drug-likeness (QED) is 0.846. The Balaban J connectivity index is 2.59. The maximum Gasteiger partial charge on any atom is 0.573 e. The molecular formula is C11H8F4O3. The Kier molecular flexibility index (Phi) is 2.94. The highest BCUT2D eigenvalue weighted by molar-refractivity contribution is 5.84. The summed E-state index contributed by atoms with van der Waals surface area (Å²) in [7, 11) is 0. The molecule has 2 aromatic rings. The van der Waals surface area contributed by atoms with Gasteiger partial charge in [0.25, 0.3) is 0 Å². The van der Waals surface area contributed by atoms with Gasteiger partial charge in [-0.2, -0.15) is 0 Å². The van der Waals surface area contributed by atoms with Crippen LogP contribution in [-0.2, 0) is 6.61 Å². The molecule has 0 bridgehead atoms. The Morgan fingerprint density at radius 1 is 1.33 bits per heavy atom. The van der Waals surface area contributed by atoms with Gasteiger partial charge in [-0.25, -0.2) is 4.39 Å². The summed E-state index contributed by atoms with van der Waals surface area (Å²) in [6.07, 6.45) is -4.90. The van der Waals surface area contributed by atoms with Crippen LogP contribution in [0.3, 0.4) is 0 Å². The molecule has 7 heteroatoms. The number of hydrogen-bond acceptors (Lipinski definition) is 3. The van der Waals surface area contributed by atoms with Gasteiger partial charge in [0.1, 0.15) is 11.5 Å². The maximum atomic E-state index is 13.5. The smallest absolute Gasteiger partial charge is 0.458 e. The normalized spacial score (nSPS) is 12.1. The fraction of sp³-hybridized carbons (Fsp3) is 0.273. The topological polar surface area (TPSA) is 42.6 Å². The van der Waals surface area contributed by atoms with E-state index < -0.39 is 24.5 Å². The number of halogens is 4. The second kappa shape index (κ2) is 4.16. The van der Waals surface area contributed by atoms with Gasteiger partial charge in [0.15, 0.2) is 11.4 Å². The Hall–Kier alpha value is -1.76. The average molecular weight is 264 g/mol. The van der Waals surface area contributed by atoms with Gasteiger partial charge in [0.05, 0.1) is 6.61 Å². The standard InChI is InChI=1S/C11H8F4O3/c1-5-8(4-16)7-2-6(18-11(13,14)15)3-9(12)10(7)17-5/h2-3,16H,4H2,1H3. The van der Waals surface area contributed by atoms with E-state index >= 15 is 0 Å². The molecule has 0 saturated heterocycles. The first-order valence-electron chi connectivity index (χ1n) is 4.90. The molecular weight excluding hydrogens is 256 g/mol. The van der Waals surface area contributed by atoms with Crippen LogP contribution in [0.4, 0.5) is 17.6 Å². The van der Waals surface area contributed by atoms with Crippen molar-refractivity contribution in [1.82, 2.24) is 0 Å². The van der Waals surface area contributed by atoms with Crippen molar-refractivity contribution in [2.75, 3.05) is 0 Å². The van der Waals surface area contributed by atoms with Gasteiger partial charge in [-0.15, -0.1) is 13.2 Å². The highest BCUT2D eigenvalue weighted by atomic mass is 19.4. The summed E-state index contributed by atoms with van der Waals surface area (Å²) < 4.78 is 58.3. The van der Waals surface area contributed by atoms with Crippen molar-refractivity contribution in [3.05, 3.63) is 29.3 Å². The monoisotopic (exact) mass is 264 g/mol. The molecule has 2 rings (SSSR count). The second-order valence-corrected chi connectivity index (χ2v) is 3.62. The number of ether oxygens (including phenoxy) is 1. The van der Waals surface area contributed by atoms with Gasteiger partial charge in [-0.3, -0.25) is 0 Å². The lowest BCUT2D eigenvalue weighted by Gasteiger charge is -2.08. The summed E-state index contributed by atoms with van der Waals surface area (Å²) in [6.45, 7) is 1.02. The Labute approximate surface area is 98.6 Å². The third kappa shape index (κ3) is 2.26. The minimum absolute atomic E-state index is 0.0641. The van der Waals surface area contributed by atoms with Crippen LogP contribution in [0.2, 0.25) is 0 Å². The molecule has 18 heavy (non-hydrogen) atoms. The zero-order chi connectivity index (χ0) is 13.5. The van der Waals surface area contributed by atoms with Crippen LogP contribution in [0.5, 0.6) is 5.75 Å². The number of aliphatic hydroxyl groups is 1. The van der Waals surface area contributed by atoms with E-state index in [1.165, 1.54) is 6.92 Å². The van der Waals surface area contributed by atoms with Crippen LogP contribution >= 0.6 is 0 Å². The van der Waals surface area contributed by atoms with Crippen molar-refractivity contribution in [2.24, 2.45) is 0 Å². The van der Waals surface area contributed by atoms with E-state index in [9.17, 15) is 17.6 Å². The molecule has 0 atom stereocenters. The van der Waals surface area contributed by atoms with Crippen molar-refractivity contribution in [2.45, 2.75) is 19.9 Å². The van der Waals surface area contributed by atoms with E-state index in [-0.39, 0.29) is 22.3 Å². The van der Waals surface area contributed by atoms with Gasteiger partial charge < -0.3 is 14.3 Å². The summed E-state index contributed by atoms with van der Waals surface area (Å²) >= 11 is 0. The molecule has 0 radical (unpaired) electrons. The number of rotatable bonds is 2. The lowest BCUT2D eigenvalue weighted by atomic mass is 10.1. The molecule has 1 aromatic heterocycles. The fourth-order valence-electron chi connectivity index (χ4n) is 1.69. The first-order valence-corrected chi connectivity index (χ1v) is 4.90. The van der Waals surface area contributed by atoms with Crippen LogP contribution in [0.1, 0.15) is 11.3 Å². The van der Waals surface area contributed by atoms with Crippen LogP contribution < -0.4 is 4.74 Å². The molecule has 1 aromatic carbocycles. The van der Waals surface area contributed by atoms with Crippen LogP contribution in [-0.4, -0.2) is 11.5 Å². The zero-order valence-corrected chi connectivity index (χ0v) is 9.14. The minimum Gasteiger partial charge on any atom is -0.458 e. The van der Waals surface area contributed by atoms with Gasteiger partial charge >= 0.3 is 6.36 Å². The molecule has 0 spiro atoms. The van der Waals surface area contributed by atoms with E-state index in [1.54, 1.807) is 0 Å². The third-order valence-electron chi connectivity index (χ3n) is 2.41. The van der Waals surface area contributed by atoms with E-state index in [0.29, 0.717) is 6.07 Å². The molecule has 98 valence electrons. The zero-order valence-electron chi connectivity index (χ0n) is 9.14. The average Bonchev–Trinajstić information content (AvgIpc) is 2.52. The number of benzene rings is 1. The van der Waals surface area contributed by atoms with Gasteiger partial charge in [-0.1, -0.05) is 0 Å². The molecule has 0 fully saturated rings. The lowest BCUT2D eigenvalue weighted by Crippen LogP contribution is -2.17. The van der Waals surface area contributed by atoms with Crippen molar-refractivity contribution in [3.8, 4) is 5.75 Å². The molecule has 0 aliphatic heterocycles. The van der Waals surface area contributed by atoms with Gasteiger partial charge in [0, 0.05) is 17.0 Å². The Morgan fingerprint density at radius 3 is 2.56 bits per heavy atom. The predicted octanol–water partition coefficient (Wildman–Crippen LogP) is 3.27. The summed E-state index contributed by atoms with van der Waals surface area (Å²) in [6, 6.07) is 1.56. The van der Waals surface area contributed by atoms with Crippen molar-refractivity contribution >= 4 is 11.0 Å². The van der Waals surface area contributed by atoms with Crippen molar-refractivity contribution in [1.29, 1.82) is 0 Å². The van der Waals surface area contributed by atoms with E-state index in [2.05, 4.69) is 4.74 Å². The number of furan rings is 1. The van der Waals surface area contributed by atoms with Crippen LogP contribution in [0, 0.1) is 12.7 Å². The number of aryl methyl sites for hydroxylation is 1. The molecule has 1 heterocycles. The van der Waals surface area contributed by atoms with Crippen molar-refractivity contribution in [3.63, 3.8) is 0 Å². The molecule has 0 amide bonds. The number of alkyl halides is 3. The molecule has 0 aliphatic carbocycles. The molecule has 0 saturated carbocycles.